The number of rotatable bonds is 2. The number of anilines is 1. The summed E-state index contributed by atoms with van der Waals surface area (Å²) in [5.41, 5.74) is 6.82. The van der Waals surface area contributed by atoms with E-state index in [1.165, 1.54) is 21.8 Å². The molecule has 0 aliphatic heterocycles. The van der Waals surface area contributed by atoms with E-state index >= 15 is 0 Å². The molecular weight excluding hydrogens is 340 g/mol. The first-order valence-electron chi connectivity index (χ1n) is 4.29. The zero-order valence-corrected chi connectivity index (χ0v) is 11.7. The van der Waals surface area contributed by atoms with Crippen molar-refractivity contribution < 1.29 is 0 Å². The number of benzene rings is 1. The fourth-order valence-corrected chi connectivity index (χ4v) is 3.15. The molecule has 0 aliphatic rings. The molecule has 0 bridgehead atoms. The van der Waals surface area contributed by atoms with Gasteiger partial charge in [0, 0.05) is 26.4 Å². The second kappa shape index (κ2) is 4.63. The molecule has 5 heteroatoms. The van der Waals surface area contributed by atoms with Crippen LogP contribution >= 0.6 is 43.2 Å². The summed E-state index contributed by atoms with van der Waals surface area (Å²) < 4.78 is 2.17. The average Bonchev–Trinajstić information content (AvgIpc) is 2.56. The van der Waals surface area contributed by atoms with E-state index in [4.69, 9.17) is 5.73 Å². The Kier molecular flexibility index (Phi) is 3.43. The molecule has 1 aromatic carbocycles. The van der Waals surface area contributed by atoms with E-state index in [1.807, 2.05) is 18.3 Å². The average molecular weight is 348 g/mol. The predicted octanol–water partition coefficient (Wildman–Crippen LogP) is 3.84. The quantitative estimate of drug-likeness (QED) is 0.896. The Hall–Kier alpha value is -0.390. The third-order valence-corrected chi connectivity index (χ3v) is 4.01. The lowest BCUT2D eigenvalue weighted by Crippen LogP contribution is -1.86. The molecule has 0 aliphatic carbocycles. The molecule has 1 heterocycles. The Balaban J connectivity index is 2.24. The Labute approximate surface area is 109 Å². The zero-order valence-electron chi connectivity index (χ0n) is 7.71. The number of halogens is 2. The largest absolute Gasteiger partial charge is 0.375 e. The van der Waals surface area contributed by atoms with Crippen LogP contribution in [0, 0.1) is 0 Å². The van der Waals surface area contributed by atoms with Gasteiger partial charge in [0.1, 0.15) is 0 Å². The van der Waals surface area contributed by atoms with Gasteiger partial charge in [-0.25, -0.2) is 4.98 Å². The number of nitrogens with zero attached hydrogens (tertiary/aromatic N) is 1. The molecule has 0 saturated heterocycles. The molecule has 2 N–H and O–H groups in total. The maximum Gasteiger partial charge on any atom is 0.180 e. The molecule has 0 unspecified atom stereocenters. The summed E-state index contributed by atoms with van der Waals surface area (Å²) in [6.45, 7) is 0. The second-order valence-corrected chi connectivity index (χ2v) is 5.99. The topological polar surface area (TPSA) is 38.9 Å². The third kappa shape index (κ3) is 2.80. The standard InChI is InChI=1S/C10H8Br2N2S/c11-7-2-1-6(9(12)4-7)3-8-5-14-10(13)15-8/h1-2,4-5H,3H2,(H2,13,14). The molecule has 0 saturated carbocycles. The number of hydrogen-bond acceptors (Lipinski definition) is 3. The lowest BCUT2D eigenvalue weighted by atomic mass is 10.1. The van der Waals surface area contributed by atoms with Gasteiger partial charge in [0.2, 0.25) is 0 Å². The van der Waals surface area contributed by atoms with Gasteiger partial charge < -0.3 is 5.73 Å². The SMILES string of the molecule is Nc1ncc(Cc2ccc(Br)cc2Br)s1. The van der Waals surface area contributed by atoms with Gasteiger partial charge in [0.25, 0.3) is 0 Å². The van der Waals surface area contributed by atoms with E-state index in [0.29, 0.717) is 5.13 Å². The molecule has 2 aromatic rings. The highest BCUT2D eigenvalue weighted by atomic mass is 79.9. The Morgan fingerprint density at radius 3 is 2.73 bits per heavy atom. The van der Waals surface area contributed by atoms with Crippen LogP contribution in [0.25, 0.3) is 0 Å². The van der Waals surface area contributed by atoms with Gasteiger partial charge in [-0.2, -0.15) is 0 Å². The summed E-state index contributed by atoms with van der Waals surface area (Å²) in [6, 6.07) is 6.16. The summed E-state index contributed by atoms with van der Waals surface area (Å²) in [5, 5.41) is 0.623. The van der Waals surface area contributed by atoms with Crippen LogP contribution < -0.4 is 5.73 Å². The smallest absolute Gasteiger partial charge is 0.180 e. The van der Waals surface area contributed by atoms with Gasteiger partial charge in [-0.15, -0.1) is 11.3 Å². The van der Waals surface area contributed by atoms with Gasteiger partial charge in [0.05, 0.1) is 0 Å². The summed E-state index contributed by atoms with van der Waals surface area (Å²) in [4.78, 5) is 5.21. The molecule has 0 spiro atoms. The Morgan fingerprint density at radius 1 is 1.33 bits per heavy atom. The lowest BCUT2D eigenvalue weighted by Gasteiger charge is -2.02. The van der Waals surface area contributed by atoms with Crippen molar-refractivity contribution in [3.05, 3.63) is 43.8 Å². The van der Waals surface area contributed by atoms with Crippen LogP contribution in [0.15, 0.2) is 33.3 Å². The monoisotopic (exact) mass is 346 g/mol. The highest BCUT2D eigenvalue weighted by Crippen LogP contribution is 2.26. The normalized spacial score (nSPS) is 10.5. The van der Waals surface area contributed by atoms with Crippen molar-refractivity contribution in [1.29, 1.82) is 0 Å². The number of thiazole rings is 1. The van der Waals surface area contributed by atoms with E-state index in [1.54, 1.807) is 0 Å². The summed E-state index contributed by atoms with van der Waals surface area (Å²) in [5.74, 6) is 0. The van der Waals surface area contributed by atoms with E-state index in [0.717, 1.165) is 15.4 Å². The van der Waals surface area contributed by atoms with Crippen molar-refractivity contribution in [3.8, 4) is 0 Å². The van der Waals surface area contributed by atoms with Crippen molar-refractivity contribution in [2.24, 2.45) is 0 Å². The van der Waals surface area contributed by atoms with Gasteiger partial charge >= 0.3 is 0 Å². The minimum atomic E-state index is 0.623. The van der Waals surface area contributed by atoms with Crippen LogP contribution in [-0.4, -0.2) is 4.98 Å². The molecule has 2 rings (SSSR count). The zero-order chi connectivity index (χ0) is 10.8. The van der Waals surface area contributed by atoms with Crippen LogP contribution in [0.3, 0.4) is 0 Å². The highest BCUT2D eigenvalue weighted by molar-refractivity contribution is 9.11. The predicted molar refractivity (Wildman–Crippen MR) is 71.2 cm³/mol. The molecule has 0 atom stereocenters. The van der Waals surface area contributed by atoms with Crippen molar-refractivity contribution in [1.82, 2.24) is 4.98 Å². The van der Waals surface area contributed by atoms with Crippen molar-refractivity contribution in [2.75, 3.05) is 5.73 Å². The first kappa shape index (κ1) is 11.1. The van der Waals surface area contributed by atoms with Crippen LogP contribution in [-0.2, 0) is 6.42 Å². The van der Waals surface area contributed by atoms with Crippen LogP contribution in [0.1, 0.15) is 10.4 Å². The first-order chi connectivity index (χ1) is 7.15. The maximum atomic E-state index is 5.58. The van der Waals surface area contributed by atoms with Crippen molar-refractivity contribution in [2.45, 2.75) is 6.42 Å². The molecular formula is C10H8Br2N2S. The van der Waals surface area contributed by atoms with E-state index in [-0.39, 0.29) is 0 Å². The number of aromatic nitrogens is 1. The maximum absolute atomic E-state index is 5.58. The Bertz CT molecular complexity index is 482. The summed E-state index contributed by atoms with van der Waals surface area (Å²) >= 11 is 8.49. The summed E-state index contributed by atoms with van der Waals surface area (Å²) in [7, 11) is 0. The molecule has 1 aromatic heterocycles. The van der Waals surface area contributed by atoms with Gasteiger partial charge in [0.15, 0.2) is 5.13 Å². The van der Waals surface area contributed by atoms with Gasteiger partial charge in [-0.05, 0) is 17.7 Å². The van der Waals surface area contributed by atoms with Crippen LogP contribution in [0.4, 0.5) is 5.13 Å². The molecule has 0 radical (unpaired) electrons. The van der Waals surface area contributed by atoms with Gasteiger partial charge in [-0.1, -0.05) is 37.9 Å². The van der Waals surface area contributed by atoms with Crippen LogP contribution in [0.2, 0.25) is 0 Å². The molecule has 2 nitrogen and oxygen atoms in total. The Morgan fingerprint density at radius 2 is 2.13 bits per heavy atom. The first-order valence-corrected chi connectivity index (χ1v) is 6.69. The van der Waals surface area contributed by atoms with E-state index < -0.39 is 0 Å². The fraction of sp³-hybridized carbons (Fsp3) is 0.100. The molecule has 0 fully saturated rings. The number of nitrogens with two attached hydrogens (primary N) is 1. The number of nitrogen functional groups attached to an aromatic ring is 1. The molecule has 0 amide bonds. The van der Waals surface area contributed by atoms with Crippen molar-refractivity contribution in [3.63, 3.8) is 0 Å². The van der Waals surface area contributed by atoms with Gasteiger partial charge in [-0.3, -0.25) is 0 Å². The van der Waals surface area contributed by atoms with E-state index in [2.05, 4.69) is 42.9 Å². The molecule has 78 valence electrons. The second-order valence-electron chi connectivity index (χ2n) is 3.08. The van der Waals surface area contributed by atoms with Crippen LogP contribution in [0.5, 0.6) is 0 Å². The summed E-state index contributed by atoms with van der Waals surface area (Å²) in [6.07, 6.45) is 2.69. The van der Waals surface area contributed by atoms with Crippen molar-refractivity contribution >= 4 is 48.3 Å². The minimum absolute atomic E-state index is 0.623. The fourth-order valence-electron chi connectivity index (χ4n) is 1.26. The lowest BCUT2D eigenvalue weighted by molar-refractivity contribution is 1.20. The molecule has 15 heavy (non-hydrogen) atoms. The highest BCUT2D eigenvalue weighted by Gasteiger charge is 2.04. The minimum Gasteiger partial charge on any atom is -0.375 e. The van der Waals surface area contributed by atoms with E-state index in [9.17, 15) is 0 Å². The third-order valence-electron chi connectivity index (χ3n) is 1.95. The number of hydrogen-bond donors (Lipinski definition) is 1.